The molecule has 2 aromatic heterocycles. The number of carbonyl (C=O) groups is 2. The summed E-state index contributed by atoms with van der Waals surface area (Å²) in [5.74, 6) is -4.51. The Bertz CT molecular complexity index is 1420. The summed E-state index contributed by atoms with van der Waals surface area (Å²) in [6, 6.07) is 7.72. The first kappa shape index (κ1) is 27.4. The van der Waals surface area contributed by atoms with Gasteiger partial charge in [0.1, 0.15) is 17.5 Å². The van der Waals surface area contributed by atoms with E-state index in [0.29, 0.717) is 37.1 Å². The van der Waals surface area contributed by atoms with Gasteiger partial charge in [0, 0.05) is 49.6 Å². The summed E-state index contributed by atoms with van der Waals surface area (Å²) in [7, 11) is 0. The van der Waals surface area contributed by atoms with E-state index in [1.165, 1.54) is 0 Å². The van der Waals surface area contributed by atoms with E-state index < -0.39 is 46.4 Å². The third-order valence-corrected chi connectivity index (χ3v) is 8.85. The number of hydrogen-bond donors (Lipinski definition) is 2. The van der Waals surface area contributed by atoms with Gasteiger partial charge in [-0.3, -0.25) is 19.5 Å². The number of rotatable bonds is 7. The molecule has 3 aromatic rings. The van der Waals surface area contributed by atoms with Crippen LogP contribution in [0, 0.1) is 29.3 Å². The maximum absolute atomic E-state index is 14.3. The third-order valence-electron chi connectivity index (χ3n) is 8.85. The first-order chi connectivity index (χ1) is 19.7. The topological polar surface area (TPSA) is 100 Å². The van der Waals surface area contributed by atoms with Crippen LogP contribution in [-0.2, 0) is 10.3 Å². The van der Waals surface area contributed by atoms with E-state index in [9.17, 15) is 22.8 Å². The molecule has 2 aliphatic carbocycles. The van der Waals surface area contributed by atoms with E-state index in [-0.39, 0.29) is 17.4 Å². The fraction of sp³-hybridized carbons (Fsp3) is 0.467. The summed E-state index contributed by atoms with van der Waals surface area (Å²) in [4.78, 5) is 33.9. The highest BCUT2D eigenvalue weighted by Gasteiger charge is 2.49. The van der Waals surface area contributed by atoms with Crippen LogP contribution in [0.1, 0.15) is 61.6 Å². The van der Waals surface area contributed by atoms with Crippen molar-refractivity contribution in [3.05, 3.63) is 71.4 Å². The minimum absolute atomic E-state index is 0.148. The van der Waals surface area contributed by atoms with Crippen molar-refractivity contribution in [3.8, 4) is 11.3 Å². The fourth-order valence-corrected chi connectivity index (χ4v) is 6.45. The van der Waals surface area contributed by atoms with Gasteiger partial charge in [0.25, 0.3) is 5.91 Å². The number of halogens is 3. The molecule has 216 valence electrons. The van der Waals surface area contributed by atoms with Crippen LogP contribution in [0.2, 0.25) is 0 Å². The highest BCUT2D eigenvalue weighted by atomic mass is 19.1. The van der Waals surface area contributed by atoms with Crippen LogP contribution in [0.25, 0.3) is 11.3 Å². The summed E-state index contributed by atoms with van der Waals surface area (Å²) < 4.78 is 46.9. The van der Waals surface area contributed by atoms with Crippen LogP contribution in [-0.4, -0.2) is 52.0 Å². The largest absolute Gasteiger partial charge is 0.355 e. The Morgan fingerprint density at radius 2 is 1.85 bits per heavy atom. The molecule has 0 radical (unpaired) electrons. The average molecular weight is 568 g/mol. The summed E-state index contributed by atoms with van der Waals surface area (Å²) in [5.41, 5.74) is -0.485. The molecule has 0 unspecified atom stereocenters. The van der Waals surface area contributed by atoms with Crippen molar-refractivity contribution in [1.29, 1.82) is 0 Å². The monoisotopic (exact) mass is 567 g/mol. The van der Waals surface area contributed by atoms with Crippen molar-refractivity contribution in [2.75, 3.05) is 13.1 Å². The second-order valence-electron chi connectivity index (χ2n) is 11.6. The van der Waals surface area contributed by atoms with Gasteiger partial charge < -0.3 is 15.2 Å². The van der Waals surface area contributed by atoms with Gasteiger partial charge in [-0.15, -0.1) is 0 Å². The Balaban J connectivity index is 1.21. The number of nitrogens with one attached hydrogen (secondary N) is 2. The molecular formula is C30H32F3N5O3. The highest BCUT2D eigenvalue weighted by Crippen LogP contribution is 2.45. The smallest absolute Gasteiger partial charge is 0.273 e. The maximum Gasteiger partial charge on any atom is 0.273 e. The van der Waals surface area contributed by atoms with Crippen LogP contribution in [0.15, 0.2) is 47.1 Å². The van der Waals surface area contributed by atoms with Crippen LogP contribution in [0.3, 0.4) is 0 Å². The molecule has 2 saturated carbocycles. The van der Waals surface area contributed by atoms with E-state index in [2.05, 4.69) is 32.6 Å². The van der Waals surface area contributed by atoms with Crippen molar-refractivity contribution in [3.63, 3.8) is 0 Å². The molecule has 3 fully saturated rings. The summed E-state index contributed by atoms with van der Waals surface area (Å²) >= 11 is 0. The van der Waals surface area contributed by atoms with Crippen molar-refractivity contribution in [2.24, 2.45) is 11.8 Å². The van der Waals surface area contributed by atoms with Crippen molar-refractivity contribution < 1.29 is 27.3 Å². The van der Waals surface area contributed by atoms with Gasteiger partial charge in [-0.05, 0) is 50.2 Å². The summed E-state index contributed by atoms with van der Waals surface area (Å²) in [6.45, 7) is 3.47. The van der Waals surface area contributed by atoms with Crippen molar-refractivity contribution in [2.45, 2.75) is 63.1 Å². The molecule has 0 bridgehead atoms. The van der Waals surface area contributed by atoms with Gasteiger partial charge >= 0.3 is 0 Å². The molecule has 1 saturated heterocycles. The maximum atomic E-state index is 14.3. The van der Waals surface area contributed by atoms with Gasteiger partial charge in [0.15, 0.2) is 11.5 Å². The van der Waals surface area contributed by atoms with Gasteiger partial charge in [0.2, 0.25) is 5.91 Å². The zero-order chi connectivity index (χ0) is 28.7. The van der Waals surface area contributed by atoms with Crippen LogP contribution in [0.4, 0.5) is 13.2 Å². The number of likely N-dealkylation sites (tertiary alicyclic amines) is 1. The minimum Gasteiger partial charge on any atom is -0.355 e. The SMILES string of the molecule is C[C@H]1CCC[C@@H]1N1CC[C@H](NC(=O)c2cc(-c3c(F)cc(F)cc3F)on2)[C@@H](C(=O)NC2(c3ccccn3)CC2)C1. The quantitative estimate of drug-likeness (QED) is 0.434. The molecule has 1 aromatic carbocycles. The molecule has 4 atom stereocenters. The molecule has 2 amide bonds. The standard InChI is InChI=1S/C30H32F3N5O3/c1-17-5-4-6-24(17)38-12-8-22(19(16-38)28(39)36-30(9-10-30)26-7-2-3-11-34-26)35-29(40)23-15-25(41-37-23)27-20(32)13-18(31)14-21(27)33/h2-3,7,11,13-15,17,19,22,24H,4-6,8-10,12,16H2,1H3,(H,35,40)(H,36,39)/t17-,19-,22-,24-/m0/s1. The normalized spacial score (nSPS) is 25.6. The molecule has 1 aliphatic heterocycles. The lowest BCUT2D eigenvalue weighted by atomic mass is 9.88. The average Bonchev–Trinajstić information content (AvgIpc) is 3.33. The van der Waals surface area contributed by atoms with Crippen LogP contribution < -0.4 is 10.6 Å². The predicted molar refractivity (Wildman–Crippen MR) is 143 cm³/mol. The summed E-state index contributed by atoms with van der Waals surface area (Å²) in [6.07, 6.45) is 7.25. The number of pyridine rings is 1. The predicted octanol–water partition coefficient (Wildman–Crippen LogP) is 4.57. The number of piperidine rings is 1. The van der Waals surface area contributed by atoms with E-state index in [1.807, 2.05) is 18.2 Å². The van der Waals surface area contributed by atoms with Crippen molar-refractivity contribution >= 4 is 11.8 Å². The molecular weight excluding hydrogens is 535 g/mol. The Kier molecular flexibility index (Phi) is 7.31. The van der Waals surface area contributed by atoms with Gasteiger partial charge in [-0.1, -0.05) is 24.6 Å². The molecule has 3 aliphatic rings. The molecule has 41 heavy (non-hydrogen) atoms. The lowest BCUT2D eigenvalue weighted by Crippen LogP contribution is -2.58. The molecule has 3 heterocycles. The molecule has 11 heteroatoms. The zero-order valence-corrected chi connectivity index (χ0v) is 22.7. The van der Waals surface area contributed by atoms with E-state index in [0.717, 1.165) is 50.4 Å². The van der Waals surface area contributed by atoms with Crippen LogP contribution in [0.5, 0.6) is 0 Å². The highest BCUT2D eigenvalue weighted by molar-refractivity contribution is 5.94. The molecule has 8 nitrogen and oxygen atoms in total. The number of carbonyl (C=O) groups excluding carboxylic acids is 2. The lowest BCUT2D eigenvalue weighted by molar-refractivity contribution is -0.129. The first-order valence-corrected chi connectivity index (χ1v) is 14.1. The second-order valence-corrected chi connectivity index (χ2v) is 11.6. The Labute approximate surface area is 235 Å². The number of aromatic nitrogens is 2. The van der Waals surface area contributed by atoms with E-state index in [4.69, 9.17) is 4.52 Å². The van der Waals surface area contributed by atoms with Crippen molar-refractivity contribution in [1.82, 2.24) is 25.7 Å². The Morgan fingerprint density at radius 1 is 1.07 bits per heavy atom. The molecule has 2 N–H and O–H groups in total. The zero-order valence-electron chi connectivity index (χ0n) is 22.7. The number of amides is 2. The Morgan fingerprint density at radius 3 is 2.51 bits per heavy atom. The number of benzene rings is 1. The van der Waals surface area contributed by atoms with E-state index in [1.54, 1.807) is 6.20 Å². The Hall–Kier alpha value is -3.73. The number of nitrogens with zero attached hydrogens (tertiary/aromatic N) is 3. The fourth-order valence-electron chi connectivity index (χ4n) is 6.45. The number of hydrogen-bond acceptors (Lipinski definition) is 6. The third kappa shape index (κ3) is 5.47. The first-order valence-electron chi connectivity index (χ1n) is 14.1. The van der Waals surface area contributed by atoms with E-state index >= 15 is 0 Å². The van der Waals surface area contributed by atoms with Gasteiger partial charge in [0.05, 0.1) is 22.7 Å². The van der Waals surface area contributed by atoms with Gasteiger partial charge in [-0.25, -0.2) is 13.2 Å². The minimum atomic E-state index is -1.17. The lowest BCUT2D eigenvalue weighted by Gasteiger charge is -2.42. The molecule has 6 rings (SSSR count). The van der Waals surface area contributed by atoms with Gasteiger partial charge in [-0.2, -0.15) is 0 Å². The molecule has 0 spiro atoms. The van der Waals surface area contributed by atoms with Crippen LogP contribution >= 0.6 is 0 Å². The summed E-state index contributed by atoms with van der Waals surface area (Å²) in [5, 5.41) is 9.86. The second kappa shape index (κ2) is 10.9.